The van der Waals surface area contributed by atoms with Gasteiger partial charge in [-0.25, -0.2) is 4.98 Å². The van der Waals surface area contributed by atoms with Gasteiger partial charge in [0.05, 0.1) is 31.6 Å². The summed E-state index contributed by atoms with van der Waals surface area (Å²) in [7, 11) is 0. The van der Waals surface area contributed by atoms with Crippen LogP contribution in [-0.4, -0.2) is 30.5 Å². The quantitative estimate of drug-likeness (QED) is 0.683. The largest absolute Gasteiger partial charge is 0.463 e. The van der Waals surface area contributed by atoms with Crippen LogP contribution in [0, 0.1) is 6.92 Å². The van der Waals surface area contributed by atoms with Gasteiger partial charge in [-0.15, -0.1) is 11.3 Å². The van der Waals surface area contributed by atoms with Crippen molar-refractivity contribution in [3.05, 3.63) is 51.6 Å². The number of hydrogen-bond acceptors (Lipinski definition) is 5. The first kappa shape index (κ1) is 17.5. The van der Waals surface area contributed by atoms with E-state index < -0.39 is 0 Å². The van der Waals surface area contributed by atoms with E-state index in [1.54, 1.807) is 17.6 Å². The van der Waals surface area contributed by atoms with Gasteiger partial charge in [0.15, 0.2) is 11.8 Å². The van der Waals surface area contributed by atoms with Gasteiger partial charge in [-0.1, -0.05) is 0 Å². The number of carbonyl (C=O) groups is 1. The van der Waals surface area contributed by atoms with Crippen molar-refractivity contribution in [2.24, 2.45) is 0 Å². The summed E-state index contributed by atoms with van der Waals surface area (Å²) in [5, 5.41) is 8.11. The summed E-state index contributed by atoms with van der Waals surface area (Å²) in [4.78, 5) is 19.5. The molecule has 4 rings (SSSR count). The van der Waals surface area contributed by atoms with Gasteiger partial charge in [-0.05, 0) is 30.5 Å². The van der Waals surface area contributed by atoms with Crippen LogP contribution in [0.25, 0.3) is 10.6 Å². The van der Waals surface area contributed by atoms with Gasteiger partial charge >= 0.3 is 0 Å². The topological polar surface area (TPSA) is 59.6 Å². The molecule has 26 heavy (non-hydrogen) atoms. The Bertz CT molecular complexity index is 850. The molecule has 0 radical (unpaired) electrons. The zero-order valence-electron chi connectivity index (χ0n) is 14.7. The fourth-order valence-electron chi connectivity index (χ4n) is 3.51. The van der Waals surface area contributed by atoms with Crippen LogP contribution in [-0.2, 0) is 0 Å². The molecule has 1 saturated heterocycles. The molecule has 0 bridgehead atoms. The lowest BCUT2D eigenvalue weighted by Gasteiger charge is -2.23. The van der Waals surface area contributed by atoms with Crippen LogP contribution in [0.2, 0.25) is 0 Å². The SMILES string of the molecule is Cc1nc(-c2ccsc2)sc1C(=O)NC[C@@H](c1ccco1)[NH+]1CCCC1. The van der Waals surface area contributed by atoms with Crippen molar-refractivity contribution in [1.82, 2.24) is 10.3 Å². The Hall–Kier alpha value is -1.96. The Kier molecular flexibility index (Phi) is 5.19. The van der Waals surface area contributed by atoms with Crippen LogP contribution in [0.4, 0.5) is 0 Å². The van der Waals surface area contributed by atoms with E-state index in [1.807, 2.05) is 30.5 Å². The maximum atomic E-state index is 12.8. The lowest BCUT2D eigenvalue weighted by atomic mass is 10.2. The fourth-order valence-corrected chi connectivity index (χ4v) is 5.20. The number of furan rings is 1. The molecule has 136 valence electrons. The predicted molar refractivity (Wildman–Crippen MR) is 104 cm³/mol. The molecule has 7 heteroatoms. The number of nitrogens with zero attached hydrogens (tertiary/aromatic N) is 1. The van der Waals surface area contributed by atoms with Crippen LogP contribution < -0.4 is 10.2 Å². The zero-order valence-corrected chi connectivity index (χ0v) is 16.3. The molecule has 0 saturated carbocycles. The number of thiazole rings is 1. The first-order valence-corrected chi connectivity index (χ1v) is 10.6. The van der Waals surface area contributed by atoms with Gasteiger partial charge in [0.25, 0.3) is 5.91 Å². The maximum absolute atomic E-state index is 12.8. The van der Waals surface area contributed by atoms with E-state index in [1.165, 1.54) is 29.1 Å². The van der Waals surface area contributed by atoms with Crippen molar-refractivity contribution >= 4 is 28.6 Å². The first-order chi connectivity index (χ1) is 12.7. The Morgan fingerprint density at radius 3 is 2.92 bits per heavy atom. The highest BCUT2D eigenvalue weighted by atomic mass is 32.1. The van der Waals surface area contributed by atoms with Gasteiger partial charge in [0.2, 0.25) is 0 Å². The van der Waals surface area contributed by atoms with E-state index in [4.69, 9.17) is 4.42 Å². The second-order valence-corrected chi connectivity index (χ2v) is 8.37. The average molecular weight is 389 g/mol. The number of quaternary nitrogens is 1. The maximum Gasteiger partial charge on any atom is 0.263 e. The number of aryl methyl sites for hydroxylation is 1. The molecule has 3 aromatic heterocycles. The molecule has 1 aliphatic heterocycles. The minimum absolute atomic E-state index is 0.0448. The zero-order chi connectivity index (χ0) is 17.9. The summed E-state index contributed by atoms with van der Waals surface area (Å²) in [6.45, 7) is 4.73. The van der Waals surface area contributed by atoms with Crippen LogP contribution in [0.3, 0.4) is 0 Å². The Balaban J connectivity index is 1.47. The van der Waals surface area contributed by atoms with Crippen LogP contribution in [0.5, 0.6) is 0 Å². The molecule has 2 N–H and O–H groups in total. The van der Waals surface area contributed by atoms with Gasteiger partial charge in [0, 0.05) is 23.8 Å². The highest BCUT2D eigenvalue weighted by Crippen LogP contribution is 2.29. The molecule has 1 aliphatic rings. The van der Waals surface area contributed by atoms with E-state index in [-0.39, 0.29) is 11.9 Å². The smallest absolute Gasteiger partial charge is 0.263 e. The summed E-state index contributed by atoms with van der Waals surface area (Å²) in [6.07, 6.45) is 4.18. The summed E-state index contributed by atoms with van der Waals surface area (Å²) in [5.74, 6) is 0.902. The van der Waals surface area contributed by atoms with Crippen molar-refractivity contribution in [1.29, 1.82) is 0 Å². The molecule has 1 amide bonds. The van der Waals surface area contributed by atoms with Gasteiger partial charge < -0.3 is 14.6 Å². The summed E-state index contributed by atoms with van der Waals surface area (Å²) in [5.41, 5.74) is 1.87. The minimum Gasteiger partial charge on any atom is -0.463 e. The third-order valence-electron chi connectivity index (χ3n) is 4.86. The Morgan fingerprint density at radius 1 is 1.38 bits per heavy atom. The molecule has 0 aromatic carbocycles. The van der Waals surface area contributed by atoms with Gasteiger partial charge in [0.1, 0.15) is 9.88 Å². The number of aromatic nitrogens is 1. The lowest BCUT2D eigenvalue weighted by Crippen LogP contribution is -3.11. The normalized spacial score (nSPS) is 16.0. The average Bonchev–Trinajstić information content (AvgIpc) is 3.42. The molecule has 1 fully saturated rings. The minimum atomic E-state index is -0.0448. The number of nitrogens with one attached hydrogen (secondary N) is 2. The molecule has 1 atom stereocenters. The Labute approximate surface area is 160 Å². The van der Waals surface area contributed by atoms with E-state index >= 15 is 0 Å². The number of carbonyl (C=O) groups excluding carboxylic acids is 1. The second-order valence-electron chi connectivity index (χ2n) is 6.59. The van der Waals surface area contributed by atoms with Crippen molar-refractivity contribution in [2.45, 2.75) is 25.8 Å². The molecule has 4 heterocycles. The summed E-state index contributed by atoms with van der Waals surface area (Å²) in [6, 6.07) is 6.13. The van der Waals surface area contributed by atoms with Crippen LogP contribution in [0.15, 0.2) is 39.6 Å². The van der Waals surface area contributed by atoms with Crippen molar-refractivity contribution in [2.75, 3.05) is 19.6 Å². The highest BCUT2D eigenvalue weighted by Gasteiger charge is 2.30. The molecule has 5 nitrogen and oxygen atoms in total. The fraction of sp³-hybridized carbons (Fsp3) is 0.368. The van der Waals surface area contributed by atoms with E-state index in [0.29, 0.717) is 11.4 Å². The monoisotopic (exact) mass is 388 g/mol. The summed E-state index contributed by atoms with van der Waals surface area (Å²) >= 11 is 3.10. The van der Waals surface area contributed by atoms with Gasteiger partial charge in [-0.3, -0.25) is 4.79 Å². The number of amides is 1. The summed E-state index contributed by atoms with van der Waals surface area (Å²) < 4.78 is 5.64. The number of hydrogen-bond donors (Lipinski definition) is 2. The number of thiophene rings is 1. The van der Waals surface area contributed by atoms with Crippen LogP contribution >= 0.6 is 22.7 Å². The third kappa shape index (κ3) is 3.60. The van der Waals surface area contributed by atoms with Crippen molar-refractivity contribution in [3.63, 3.8) is 0 Å². The van der Waals surface area contributed by atoms with E-state index in [9.17, 15) is 4.79 Å². The Morgan fingerprint density at radius 2 is 2.23 bits per heavy atom. The van der Waals surface area contributed by atoms with Crippen LogP contribution in [0.1, 0.15) is 40.0 Å². The predicted octanol–water partition coefficient (Wildman–Crippen LogP) is 2.92. The molecule has 0 unspecified atom stereocenters. The first-order valence-electron chi connectivity index (χ1n) is 8.88. The van der Waals surface area contributed by atoms with Crippen molar-refractivity contribution in [3.8, 4) is 10.6 Å². The number of rotatable bonds is 6. The van der Waals surface area contributed by atoms with Crippen molar-refractivity contribution < 1.29 is 14.1 Å². The molecular weight excluding hydrogens is 366 g/mol. The highest BCUT2D eigenvalue weighted by molar-refractivity contribution is 7.17. The molecule has 3 aromatic rings. The van der Waals surface area contributed by atoms with E-state index in [2.05, 4.69) is 15.7 Å². The number of likely N-dealkylation sites (tertiary alicyclic amines) is 1. The second kappa shape index (κ2) is 7.73. The molecular formula is C19H22N3O2S2+. The molecule has 0 spiro atoms. The lowest BCUT2D eigenvalue weighted by molar-refractivity contribution is -0.919. The van der Waals surface area contributed by atoms with Gasteiger partial charge in [-0.2, -0.15) is 11.3 Å². The third-order valence-corrected chi connectivity index (χ3v) is 6.75. The van der Waals surface area contributed by atoms with E-state index in [0.717, 1.165) is 35.1 Å². The standard InChI is InChI=1S/C19H21N3O2S2/c1-13-17(26-19(21-13)14-6-10-25-12-14)18(23)20-11-15(16-5-4-9-24-16)22-7-2-3-8-22/h4-6,9-10,12,15H,2-3,7-8,11H2,1H3,(H,20,23)/p+1/t15-/m0/s1. The molecule has 0 aliphatic carbocycles.